The number of hydrogen-bond acceptors (Lipinski definition) is 4. The maximum atomic E-state index is 10.8. The Bertz CT molecular complexity index is 221. The smallest absolute Gasteiger partial charge is 0.323 e. The van der Waals surface area contributed by atoms with Gasteiger partial charge in [0.15, 0.2) is 0 Å². The van der Waals surface area contributed by atoms with Crippen LogP contribution in [-0.2, 0) is 9.53 Å². The van der Waals surface area contributed by atoms with E-state index in [4.69, 9.17) is 9.84 Å². The Kier molecular flexibility index (Phi) is 2.71. The fraction of sp³-hybridized carbons (Fsp3) is 0.889. The first-order valence-corrected chi connectivity index (χ1v) is 5.01. The maximum absolute atomic E-state index is 10.8. The Hall–Kier alpha value is -0.650. The van der Waals surface area contributed by atoms with E-state index >= 15 is 0 Å². The second-order valence-corrected chi connectivity index (χ2v) is 4.08. The van der Waals surface area contributed by atoms with Crippen molar-refractivity contribution in [1.29, 1.82) is 0 Å². The minimum atomic E-state index is -0.817. The van der Waals surface area contributed by atoms with Gasteiger partial charge in [-0.25, -0.2) is 0 Å². The van der Waals surface area contributed by atoms with Gasteiger partial charge in [-0.3, -0.25) is 10.1 Å². The number of aliphatic carboxylic acids is 1. The second kappa shape index (κ2) is 3.84. The third kappa shape index (κ3) is 1.89. The topological polar surface area (TPSA) is 70.6 Å². The van der Waals surface area contributed by atoms with Gasteiger partial charge < -0.3 is 15.2 Å². The molecule has 0 saturated carbocycles. The van der Waals surface area contributed by atoms with Gasteiger partial charge in [0.2, 0.25) is 0 Å². The van der Waals surface area contributed by atoms with Crippen molar-refractivity contribution in [1.82, 2.24) is 10.6 Å². The van der Waals surface area contributed by atoms with E-state index in [-0.39, 0.29) is 12.1 Å². The van der Waals surface area contributed by atoms with Crippen LogP contribution in [0, 0.1) is 0 Å². The van der Waals surface area contributed by atoms with Crippen LogP contribution in [-0.4, -0.2) is 49.0 Å². The summed E-state index contributed by atoms with van der Waals surface area (Å²) in [5.74, 6) is -0.817. The fourth-order valence-electron chi connectivity index (χ4n) is 2.15. The van der Waals surface area contributed by atoms with Crippen LogP contribution in [0.3, 0.4) is 0 Å². The van der Waals surface area contributed by atoms with Gasteiger partial charge in [-0.15, -0.1) is 0 Å². The van der Waals surface area contributed by atoms with Crippen LogP contribution in [0.1, 0.15) is 12.8 Å². The molecule has 1 atom stereocenters. The summed E-state index contributed by atoms with van der Waals surface area (Å²) in [6.07, 6.45) is 1.88. The highest BCUT2D eigenvalue weighted by Crippen LogP contribution is 2.22. The number of nitrogens with one attached hydrogen (secondary N) is 2. The predicted octanol–water partition coefficient (Wildman–Crippen LogP) is -0.818. The highest BCUT2D eigenvalue weighted by Gasteiger charge is 2.39. The lowest BCUT2D eigenvalue weighted by Crippen LogP contribution is -2.64. The Morgan fingerprint density at radius 3 is 2.79 bits per heavy atom. The molecule has 2 aliphatic rings. The molecule has 5 heteroatoms. The number of ether oxygens (including phenoxy) is 1. The van der Waals surface area contributed by atoms with Crippen LogP contribution in [0.5, 0.6) is 0 Å². The van der Waals surface area contributed by atoms with Crippen LogP contribution < -0.4 is 10.6 Å². The van der Waals surface area contributed by atoms with Crippen molar-refractivity contribution in [2.24, 2.45) is 0 Å². The Labute approximate surface area is 82.8 Å². The number of carboxylic acids is 1. The van der Waals surface area contributed by atoms with Gasteiger partial charge in [0.25, 0.3) is 0 Å². The van der Waals surface area contributed by atoms with Crippen LogP contribution >= 0.6 is 0 Å². The first-order chi connectivity index (χ1) is 6.72. The van der Waals surface area contributed by atoms with Crippen molar-refractivity contribution in [2.75, 3.05) is 26.3 Å². The molecule has 2 heterocycles. The molecule has 0 aromatic carbocycles. The highest BCUT2D eigenvalue weighted by atomic mass is 16.5. The number of morpholine rings is 1. The molecular formula is C9H16N2O3. The zero-order valence-electron chi connectivity index (χ0n) is 8.08. The fourth-order valence-corrected chi connectivity index (χ4v) is 2.15. The normalized spacial score (nSPS) is 31.6. The highest BCUT2D eigenvalue weighted by molar-refractivity contribution is 5.73. The minimum absolute atomic E-state index is 0.105. The molecular weight excluding hydrogens is 184 g/mol. The third-order valence-corrected chi connectivity index (χ3v) is 3.00. The molecule has 3 N–H and O–H groups in total. The second-order valence-electron chi connectivity index (χ2n) is 4.08. The van der Waals surface area contributed by atoms with Gasteiger partial charge in [-0.1, -0.05) is 0 Å². The number of piperidine rings is 1. The molecule has 2 fully saturated rings. The summed E-state index contributed by atoms with van der Waals surface area (Å²) >= 11 is 0. The van der Waals surface area contributed by atoms with E-state index in [2.05, 4.69) is 10.6 Å². The first-order valence-electron chi connectivity index (χ1n) is 5.01. The van der Waals surface area contributed by atoms with Crippen molar-refractivity contribution in [3.05, 3.63) is 0 Å². The SMILES string of the molecule is O=C(O)C1COCC2(CCNCC2)N1. The first kappa shape index (κ1) is 9.89. The van der Waals surface area contributed by atoms with Crippen LogP contribution in [0.2, 0.25) is 0 Å². The summed E-state index contributed by atoms with van der Waals surface area (Å²) in [5, 5.41) is 15.4. The third-order valence-electron chi connectivity index (χ3n) is 3.00. The summed E-state index contributed by atoms with van der Waals surface area (Å²) in [6.45, 7) is 2.79. The van der Waals surface area contributed by atoms with Crippen molar-refractivity contribution in [2.45, 2.75) is 24.4 Å². The number of carboxylic acid groups (broad SMARTS) is 1. The van der Waals surface area contributed by atoms with Crippen LogP contribution in [0.25, 0.3) is 0 Å². The lowest BCUT2D eigenvalue weighted by Gasteiger charge is -2.43. The summed E-state index contributed by atoms with van der Waals surface area (Å²) < 4.78 is 5.37. The molecule has 0 amide bonds. The van der Waals surface area contributed by atoms with Crippen molar-refractivity contribution in [3.63, 3.8) is 0 Å². The lowest BCUT2D eigenvalue weighted by molar-refractivity contribution is -0.145. The summed E-state index contributed by atoms with van der Waals surface area (Å²) in [4.78, 5) is 10.8. The Morgan fingerprint density at radius 2 is 2.14 bits per heavy atom. The molecule has 14 heavy (non-hydrogen) atoms. The van der Waals surface area contributed by atoms with E-state index < -0.39 is 12.0 Å². The summed E-state index contributed by atoms with van der Waals surface area (Å²) in [5.41, 5.74) is -0.105. The number of rotatable bonds is 1. The van der Waals surface area contributed by atoms with E-state index in [1.807, 2.05) is 0 Å². The number of hydrogen-bond donors (Lipinski definition) is 3. The van der Waals surface area contributed by atoms with Gasteiger partial charge in [-0.2, -0.15) is 0 Å². The average molecular weight is 200 g/mol. The van der Waals surface area contributed by atoms with Gasteiger partial charge in [0.05, 0.1) is 13.2 Å². The van der Waals surface area contributed by atoms with Crippen LogP contribution in [0.15, 0.2) is 0 Å². The lowest BCUT2D eigenvalue weighted by atomic mass is 9.87. The summed E-state index contributed by atoms with van der Waals surface area (Å²) in [6, 6.07) is -0.540. The van der Waals surface area contributed by atoms with Gasteiger partial charge in [-0.05, 0) is 25.9 Å². The molecule has 80 valence electrons. The molecule has 2 rings (SSSR count). The molecule has 1 unspecified atom stereocenters. The molecule has 2 aliphatic heterocycles. The Morgan fingerprint density at radius 1 is 1.43 bits per heavy atom. The maximum Gasteiger partial charge on any atom is 0.323 e. The molecule has 0 bridgehead atoms. The van der Waals surface area contributed by atoms with E-state index in [1.54, 1.807) is 0 Å². The Balaban J connectivity index is 2.01. The van der Waals surface area contributed by atoms with Crippen LogP contribution in [0.4, 0.5) is 0 Å². The van der Waals surface area contributed by atoms with Gasteiger partial charge >= 0.3 is 5.97 Å². The van der Waals surface area contributed by atoms with E-state index in [0.717, 1.165) is 25.9 Å². The molecule has 0 aromatic heterocycles. The van der Waals surface area contributed by atoms with E-state index in [0.29, 0.717) is 6.61 Å². The van der Waals surface area contributed by atoms with Gasteiger partial charge in [0, 0.05) is 5.54 Å². The predicted molar refractivity (Wildman–Crippen MR) is 50.2 cm³/mol. The van der Waals surface area contributed by atoms with Crippen molar-refractivity contribution < 1.29 is 14.6 Å². The molecule has 1 spiro atoms. The van der Waals surface area contributed by atoms with E-state index in [1.165, 1.54) is 0 Å². The molecule has 0 aliphatic carbocycles. The monoisotopic (exact) mass is 200 g/mol. The largest absolute Gasteiger partial charge is 0.480 e. The molecule has 5 nitrogen and oxygen atoms in total. The molecule has 0 aromatic rings. The summed E-state index contributed by atoms with van der Waals surface area (Å²) in [7, 11) is 0. The van der Waals surface area contributed by atoms with Gasteiger partial charge in [0.1, 0.15) is 6.04 Å². The van der Waals surface area contributed by atoms with Crippen molar-refractivity contribution in [3.8, 4) is 0 Å². The zero-order chi connectivity index (χ0) is 10.0. The minimum Gasteiger partial charge on any atom is -0.480 e. The van der Waals surface area contributed by atoms with Crippen molar-refractivity contribution >= 4 is 5.97 Å². The molecule has 2 saturated heterocycles. The van der Waals surface area contributed by atoms with E-state index in [9.17, 15) is 4.79 Å². The zero-order valence-corrected chi connectivity index (χ0v) is 8.08. The number of carbonyl (C=O) groups is 1. The average Bonchev–Trinajstić information content (AvgIpc) is 2.19. The molecule has 0 radical (unpaired) electrons. The standard InChI is InChI=1S/C9H16N2O3/c12-8(13)7-5-14-6-9(11-7)1-3-10-4-2-9/h7,10-11H,1-6H2,(H,12,13). The quantitative estimate of drug-likeness (QED) is 0.516.